The number of halogens is 1. The zero-order valence-corrected chi connectivity index (χ0v) is 15.7. The highest BCUT2D eigenvalue weighted by molar-refractivity contribution is 6.25. The van der Waals surface area contributed by atoms with E-state index in [0.29, 0.717) is 5.92 Å². The van der Waals surface area contributed by atoms with E-state index in [0.717, 1.165) is 11.7 Å². The zero-order chi connectivity index (χ0) is 17.5. The van der Waals surface area contributed by atoms with Crippen LogP contribution in [-0.2, 0) is 6.42 Å². The fourth-order valence-electron chi connectivity index (χ4n) is 3.79. The molecule has 132 valence electrons. The van der Waals surface area contributed by atoms with Crippen molar-refractivity contribution in [1.82, 2.24) is 0 Å². The normalized spacial score (nSPS) is 20.7. The molecule has 2 heteroatoms. The Morgan fingerprint density at radius 3 is 2.08 bits per heavy atom. The maximum absolute atomic E-state index is 5.70. The van der Waals surface area contributed by atoms with Crippen LogP contribution in [0, 0.1) is 11.8 Å². The maximum Gasteiger partial charge on any atom is 0.118 e. The fourth-order valence-corrected chi connectivity index (χ4v) is 4.00. The first-order chi connectivity index (χ1) is 12.3. The molecule has 0 atom stereocenters. The van der Waals surface area contributed by atoms with E-state index in [1.807, 2.05) is 12.1 Å². The number of aryl methyl sites for hydroxylation is 1. The Kier molecular flexibility index (Phi) is 6.58. The van der Waals surface area contributed by atoms with Crippen LogP contribution >= 0.6 is 11.6 Å². The summed E-state index contributed by atoms with van der Waals surface area (Å²) in [6.07, 6.45) is 9.93. The van der Waals surface area contributed by atoms with E-state index in [2.05, 4.69) is 42.5 Å². The predicted octanol–water partition coefficient (Wildman–Crippen LogP) is 6.85. The standard InChI is InChI=1S/C23H27ClO/c1-25-23-14-12-22(13-15-23)21-10-8-19(9-11-21)3-2-18-4-6-20(7-5-18)16-17-24/h8-18,20H,2-7H2,1H3/b17-16+. The van der Waals surface area contributed by atoms with Crippen molar-refractivity contribution < 1.29 is 4.74 Å². The van der Waals surface area contributed by atoms with Gasteiger partial charge in [-0.1, -0.05) is 54.1 Å². The predicted molar refractivity (Wildman–Crippen MR) is 107 cm³/mol. The highest BCUT2D eigenvalue weighted by Crippen LogP contribution is 2.32. The topological polar surface area (TPSA) is 9.23 Å². The van der Waals surface area contributed by atoms with Crippen LogP contribution < -0.4 is 4.74 Å². The molecule has 1 aliphatic carbocycles. The van der Waals surface area contributed by atoms with Crippen LogP contribution in [-0.4, -0.2) is 7.11 Å². The van der Waals surface area contributed by atoms with Gasteiger partial charge >= 0.3 is 0 Å². The molecule has 1 aliphatic rings. The lowest BCUT2D eigenvalue weighted by molar-refractivity contribution is 0.296. The Labute approximate surface area is 156 Å². The minimum Gasteiger partial charge on any atom is -0.497 e. The average Bonchev–Trinajstić information content (AvgIpc) is 2.68. The summed E-state index contributed by atoms with van der Waals surface area (Å²) in [5, 5.41) is 0. The molecule has 0 amide bonds. The quantitative estimate of drug-likeness (QED) is 0.551. The molecule has 0 bridgehead atoms. The molecule has 0 N–H and O–H groups in total. The van der Waals surface area contributed by atoms with E-state index in [1.54, 1.807) is 12.6 Å². The second-order valence-corrected chi connectivity index (χ2v) is 7.32. The van der Waals surface area contributed by atoms with Gasteiger partial charge in [-0.05, 0) is 79.2 Å². The van der Waals surface area contributed by atoms with Gasteiger partial charge in [-0.2, -0.15) is 0 Å². The summed E-state index contributed by atoms with van der Waals surface area (Å²) in [4.78, 5) is 0. The first-order valence-corrected chi connectivity index (χ1v) is 9.72. The number of benzene rings is 2. The van der Waals surface area contributed by atoms with Gasteiger partial charge in [-0.15, -0.1) is 0 Å². The Morgan fingerprint density at radius 1 is 0.920 bits per heavy atom. The second kappa shape index (κ2) is 9.10. The number of hydrogen-bond donors (Lipinski definition) is 0. The largest absolute Gasteiger partial charge is 0.497 e. The molecule has 0 aliphatic heterocycles. The van der Waals surface area contributed by atoms with Crippen LogP contribution in [0.2, 0.25) is 0 Å². The van der Waals surface area contributed by atoms with Crippen molar-refractivity contribution in [3.63, 3.8) is 0 Å². The third-order valence-electron chi connectivity index (χ3n) is 5.45. The third-order valence-corrected chi connectivity index (χ3v) is 5.60. The second-order valence-electron chi connectivity index (χ2n) is 7.06. The van der Waals surface area contributed by atoms with E-state index < -0.39 is 0 Å². The van der Waals surface area contributed by atoms with Crippen molar-refractivity contribution in [3.8, 4) is 16.9 Å². The number of rotatable bonds is 6. The van der Waals surface area contributed by atoms with Crippen molar-refractivity contribution in [2.24, 2.45) is 11.8 Å². The minimum atomic E-state index is 0.706. The highest BCUT2D eigenvalue weighted by Gasteiger charge is 2.19. The molecular formula is C23H27ClO. The molecule has 0 aromatic heterocycles. The van der Waals surface area contributed by atoms with Crippen molar-refractivity contribution in [2.75, 3.05) is 7.11 Å². The summed E-state index contributed by atoms with van der Waals surface area (Å²) in [6.45, 7) is 0. The van der Waals surface area contributed by atoms with Crippen molar-refractivity contribution in [1.29, 1.82) is 0 Å². The summed E-state index contributed by atoms with van der Waals surface area (Å²) in [6, 6.07) is 17.3. The average molecular weight is 355 g/mol. The zero-order valence-electron chi connectivity index (χ0n) is 15.0. The van der Waals surface area contributed by atoms with Gasteiger partial charge in [0.1, 0.15) is 5.75 Å². The van der Waals surface area contributed by atoms with Gasteiger partial charge in [0, 0.05) is 5.54 Å². The molecule has 0 spiro atoms. The van der Waals surface area contributed by atoms with Crippen molar-refractivity contribution in [2.45, 2.75) is 38.5 Å². The summed E-state index contributed by atoms with van der Waals surface area (Å²) in [5.41, 5.74) is 5.63. The number of allylic oxidation sites excluding steroid dienone is 1. The molecule has 2 aromatic rings. The Bertz CT molecular complexity index is 664. The van der Waals surface area contributed by atoms with Crippen LogP contribution in [0.15, 0.2) is 60.1 Å². The fraction of sp³-hybridized carbons (Fsp3) is 0.391. The molecule has 0 heterocycles. The lowest BCUT2D eigenvalue weighted by atomic mass is 9.79. The molecule has 0 saturated heterocycles. The summed E-state index contributed by atoms with van der Waals surface area (Å²) < 4.78 is 5.22. The smallest absolute Gasteiger partial charge is 0.118 e. The van der Waals surface area contributed by atoms with Crippen LogP contribution in [0.3, 0.4) is 0 Å². The first-order valence-electron chi connectivity index (χ1n) is 9.28. The van der Waals surface area contributed by atoms with E-state index in [9.17, 15) is 0 Å². The van der Waals surface area contributed by atoms with Gasteiger partial charge in [-0.3, -0.25) is 0 Å². The third kappa shape index (κ3) is 5.12. The van der Waals surface area contributed by atoms with Gasteiger partial charge < -0.3 is 4.74 Å². The van der Waals surface area contributed by atoms with Gasteiger partial charge in [0.05, 0.1) is 7.11 Å². The summed E-state index contributed by atoms with van der Waals surface area (Å²) in [5.74, 6) is 2.48. The Balaban J connectivity index is 1.51. The highest BCUT2D eigenvalue weighted by atomic mass is 35.5. The molecule has 25 heavy (non-hydrogen) atoms. The molecule has 0 radical (unpaired) electrons. The molecule has 0 unspecified atom stereocenters. The summed E-state index contributed by atoms with van der Waals surface area (Å²) in [7, 11) is 1.70. The van der Waals surface area contributed by atoms with Crippen LogP contribution in [0.4, 0.5) is 0 Å². The van der Waals surface area contributed by atoms with E-state index in [4.69, 9.17) is 16.3 Å². The Hall–Kier alpha value is -1.73. The van der Waals surface area contributed by atoms with Crippen LogP contribution in [0.1, 0.15) is 37.7 Å². The Morgan fingerprint density at radius 2 is 1.52 bits per heavy atom. The summed E-state index contributed by atoms with van der Waals surface area (Å²) >= 11 is 5.70. The first kappa shape index (κ1) is 18.1. The lowest BCUT2D eigenvalue weighted by Crippen LogP contribution is -2.13. The van der Waals surface area contributed by atoms with Gasteiger partial charge in [0.15, 0.2) is 0 Å². The number of hydrogen-bond acceptors (Lipinski definition) is 1. The minimum absolute atomic E-state index is 0.706. The lowest BCUT2D eigenvalue weighted by Gasteiger charge is -2.26. The van der Waals surface area contributed by atoms with Crippen molar-refractivity contribution in [3.05, 3.63) is 65.7 Å². The molecule has 3 rings (SSSR count). The van der Waals surface area contributed by atoms with E-state index >= 15 is 0 Å². The molecule has 1 nitrogen and oxygen atoms in total. The molecule has 1 saturated carbocycles. The van der Waals surface area contributed by atoms with E-state index in [1.165, 1.54) is 55.2 Å². The van der Waals surface area contributed by atoms with Gasteiger partial charge in [-0.25, -0.2) is 0 Å². The molecular weight excluding hydrogens is 328 g/mol. The van der Waals surface area contributed by atoms with E-state index in [-0.39, 0.29) is 0 Å². The van der Waals surface area contributed by atoms with Gasteiger partial charge in [0.25, 0.3) is 0 Å². The van der Waals surface area contributed by atoms with Crippen LogP contribution in [0.5, 0.6) is 5.75 Å². The monoisotopic (exact) mass is 354 g/mol. The van der Waals surface area contributed by atoms with Crippen LogP contribution in [0.25, 0.3) is 11.1 Å². The number of ether oxygens (including phenoxy) is 1. The molecule has 1 fully saturated rings. The molecule has 2 aromatic carbocycles. The SMILES string of the molecule is COc1ccc(-c2ccc(CCC3CCC(/C=C/Cl)CC3)cc2)cc1. The number of methoxy groups -OCH3 is 1. The van der Waals surface area contributed by atoms with Crippen molar-refractivity contribution >= 4 is 11.6 Å². The maximum atomic E-state index is 5.70. The van der Waals surface area contributed by atoms with Gasteiger partial charge in [0.2, 0.25) is 0 Å².